The molecule has 2 aromatic rings. The smallest absolute Gasteiger partial charge is 0.354 e. The minimum atomic E-state index is -0.469. The van der Waals surface area contributed by atoms with E-state index < -0.39 is 5.69 Å². The zero-order chi connectivity index (χ0) is 24.1. The van der Waals surface area contributed by atoms with E-state index in [4.69, 9.17) is 10.5 Å². The minimum Gasteiger partial charge on any atom is -0.496 e. The molecule has 2 aliphatic rings. The van der Waals surface area contributed by atoms with E-state index >= 15 is 0 Å². The number of amides is 2. The summed E-state index contributed by atoms with van der Waals surface area (Å²) in [5, 5.41) is 5.92. The molecule has 0 spiro atoms. The van der Waals surface area contributed by atoms with E-state index in [0.29, 0.717) is 30.9 Å². The summed E-state index contributed by atoms with van der Waals surface area (Å²) in [6.07, 6.45) is 5.96. The van der Waals surface area contributed by atoms with Crippen molar-refractivity contribution in [1.82, 2.24) is 24.7 Å². The fourth-order valence-corrected chi connectivity index (χ4v) is 4.68. The SMILES string of the molecule is COc1cc(-n2ccc(NC(=O)N3CCNCC3)nc2=O)ccc1CN(C)[C@H]1CC[C@H](N)CC1. The van der Waals surface area contributed by atoms with E-state index in [0.717, 1.165) is 56.6 Å². The summed E-state index contributed by atoms with van der Waals surface area (Å²) in [6.45, 7) is 3.51. The molecule has 1 saturated carbocycles. The molecule has 1 aliphatic carbocycles. The Labute approximate surface area is 200 Å². The van der Waals surface area contributed by atoms with E-state index in [-0.39, 0.29) is 11.8 Å². The predicted octanol–water partition coefficient (Wildman–Crippen LogP) is 1.38. The van der Waals surface area contributed by atoms with Crippen LogP contribution in [-0.4, -0.2) is 77.8 Å². The number of nitrogens with zero attached hydrogens (tertiary/aromatic N) is 4. The highest BCUT2D eigenvalue weighted by atomic mass is 16.5. The van der Waals surface area contributed by atoms with E-state index in [1.54, 1.807) is 24.3 Å². The third-order valence-corrected chi connectivity index (χ3v) is 6.78. The molecule has 4 rings (SSSR count). The zero-order valence-corrected chi connectivity index (χ0v) is 20.0. The lowest BCUT2D eigenvalue weighted by atomic mass is 9.91. The van der Waals surface area contributed by atoms with Gasteiger partial charge < -0.3 is 20.7 Å². The molecule has 1 aliphatic heterocycles. The van der Waals surface area contributed by atoms with Crippen LogP contribution in [0.15, 0.2) is 35.3 Å². The molecule has 2 amide bonds. The van der Waals surface area contributed by atoms with Crippen molar-refractivity contribution >= 4 is 11.8 Å². The van der Waals surface area contributed by atoms with E-state index in [1.165, 1.54) is 4.57 Å². The molecule has 0 unspecified atom stereocenters. The number of rotatable bonds is 6. The van der Waals surface area contributed by atoms with Gasteiger partial charge in [-0.05, 0) is 44.9 Å². The van der Waals surface area contributed by atoms with Gasteiger partial charge in [-0.1, -0.05) is 6.07 Å². The van der Waals surface area contributed by atoms with Gasteiger partial charge in [0, 0.05) is 62.6 Å². The molecule has 2 heterocycles. The number of hydrogen-bond donors (Lipinski definition) is 3. The molecule has 1 saturated heterocycles. The van der Waals surface area contributed by atoms with E-state index in [1.807, 2.05) is 18.2 Å². The van der Waals surface area contributed by atoms with E-state index in [2.05, 4.69) is 27.6 Å². The number of anilines is 1. The summed E-state index contributed by atoms with van der Waals surface area (Å²) >= 11 is 0. The highest BCUT2D eigenvalue weighted by Crippen LogP contribution is 2.27. The number of carbonyl (C=O) groups excluding carboxylic acids is 1. The first-order valence-corrected chi connectivity index (χ1v) is 11.9. The number of nitrogens with two attached hydrogens (primary N) is 1. The van der Waals surface area contributed by atoms with Crippen molar-refractivity contribution in [3.05, 3.63) is 46.5 Å². The molecule has 0 atom stereocenters. The van der Waals surface area contributed by atoms with Crippen LogP contribution in [0.2, 0.25) is 0 Å². The number of carbonyl (C=O) groups is 1. The van der Waals surface area contributed by atoms with Crippen molar-refractivity contribution in [2.24, 2.45) is 5.73 Å². The molecule has 2 fully saturated rings. The average molecular weight is 470 g/mol. The number of piperazine rings is 1. The van der Waals surface area contributed by atoms with Gasteiger partial charge >= 0.3 is 11.7 Å². The fourth-order valence-electron chi connectivity index (χ4n) is 4.68. The number of urea groups is 1. The Morgan fingerprint density at radius 2 is 1.97 bits per heavy atom. The maximum atomic E-state index is 12.7. The summed E-state index contributed by atoms with van der Waals surface area (Å²) in [5.74, 6) is 0.960. The average Bonchev–Trinajstić information content (AvgIpc) is 2.85. The highest BCUT2D eigenvalue weighted by molar-refractivity contribution is 5.88. The van der Waals surface area contributed by atoms with Gasteiger partial charge in [0.2, 0.25) is 0 Å². The van der Waals surface area contributed by atoms with E-state index in [9.17, 15) is 9.59 Å². The summed E-state index contributed by atoms with van der Waals surface area (Å²) in [5.41, 5.74) is 7.30. The van der Waals surface area contributed by atoms with Crippen LogP contribution in [0.1, 0.15) is 31.2 Å². The number of ether oxygens (including phenoxy) is 1. The van der Waals surface area contributed by atoms with Crippen LogP contribution < -0.4 is 26.8 Å². The largest absolute Gasteiger partial charge is 0.496 e. The molecule has 4 N–H and O–H groups in total. The molecule has 184 valence electrons. The number of nitrogens with one attached hydrogen (secondary N) is 2. The predicted molar refractivity (Wildman–Crippen MR) is 132 cm³/mol. The molecule has 1 aromatic carbocycles. The van der Waals surface area contributed by atoms with Crippen LogP contribution in [0, 0.1) is 0 Å². The Morgan fingerprint density at radius 1 is 1.24 bits per heavy atom. The van der Waals surface area contributed by atoms with Crippen LogP contribution in [-0.2, 0) is 6.54 Å². The minimum absolute atomic E-state index is 0.238. The van der Waals surface area contributed by atoms with Crippen molar-refractivity contribution in [1.29, 1.82) is 0 Å². The van der Waals surface area contributed by atoms with Crippen molar-refractivity contribution in [2.45, 2.75) is 44.3 Å². The first-order valence-electron chi connectivity index (χ1n) is 11.9. The summed E-state index contributed by atoms with van der Waals surface area (Å²) < 4.78 is 7.09. The maximum Gasteiger partial charge on any atom is 0.354 e. The van der Waals surface area contributed by atoms with Gasteiger partial charge in [0.25, 0.3) is 0 Å². The Bertz CT molecular complexity index is 1040. The van der Waals surface area contributed by atoms with Crippen molar-refractivity contribution in [3.63, 3.8) is 0 Å². The van der Waals surface area contributed by atoms with Crippen molar-refractivity contribution in [2.75, 3.05) is 45.7 Å². The third kappa shape index (κ3) is 5.75. The maximum absolute atomic E-state index is 12.7. The summed E-state index contributed by atoms with van der Waals surface area (Å²) in [6, 6.07) is 7.95. The van der Waals surface area contributed by atoms with Crippen LogP contribution in [0.5, 0.6) is 5.75 Å². The van der Waals surface area contributed by atoms with Gasteiger partial charge in [0.15, 0.2) is 0 Å². The second-order valence-corrected chi connectivity index (χ2v) is 9.11. The summed E-state index contributed by atoms with van der Waals surface area (Å²) in [4.78, 5) is 33.2. The quantitative estimate of drug-likeness (QED) is 0.585. The molecular formula is C24H35N7O3. The second kappa shape index (κ2) is 11.0. The lowest BCUT2D eigenvalue weighted by Gasteiger charge is -2.33. The fraction of sp³-hybridized carbons (Fsp3) is 0.542. The van der Waals surface area contributed by atoms with Gasteiger partial charge in [-0.3, -0.25) is 14.8 Å². The lowest BCUT2D eigenvalue weighted by molar-refractivity contribution is 0.174. The number of hydrogen-bond acceptors (Lipinski definition) is 7. The zero-order valence-electron chi connectivity index (χ0n) is 20.0. The molecule has 10 nitrogen and oxygen atoms in total. The number of methoxy groups -OCH3 is 1. The molecule has 1 aromatic heterocycles. The Hall–Kier alpha value is -2.95. The number of benzene rings is 1. The van der Waals surface area contributed by atoms with Crippen molar-refractivity contribution in [3.8, 4) is 11.4 Å². The van der Waals surface area contributed by atoms with Gasteiger partial charge in [0.05, 0.1) is 12.8 Å². The Kier molecular flexibility index (Phi) is 7.81. The van der Waals surface area contributed by atoms with Crippen LogP contribution >= 0.6 is 0 Å². The van der Waals surface area contributed by atoms with Crippen LogP contribution in [0.25, 0.3) is 5.69 Å². The standard InChI is InChI=1S/C24H35N7O3/c1-29(19-7-4-18(25)5-8-19)16-17-3-6-20(15-21(17)34-2)31-12-9-22(28-24(31)33)27-23(32)30-13-10-26-11-14-30/h3,6,9,12,15,18-19,26H,4-5,7-8,10-11,13-14,16,25H2,1-2H3,(H,27,28,32,33)/t18-,19-. The monoisotopic (exact) mass is 469 g/mol. The lowest BCUT2D eigenvalue weighted by Crippen LogP contribution is -2.48. The van der Waals surface area contributed by atoms with Crippen LogP contribution in [0.3, 0.4) is 0 Å². The van der Waals surface area contributed by atoms with Gasteiger partial charge in [-0.2, -0.15) is 4.98 Å². The first-order chi connectivity index (χ1) is 16.4. The van der Waals surface area contributed by atoms with Gasteiger partial charge in [-0.15, -0.1) is 0 Å². The molecule has 0 bridgehead atoms. The topological polar surface area (TPSA) is 118 Å². The first kappa shape index (κ1) is 24.2. The molecule has 0 radical (unpaired) electrons. The molecular weight excluding hydrogens is 434 g/mol. The van der Waals surface area contributed by atoms with Gasteiger partial charge in [-0.25, -0.2) is 9.59 Å². The van der Waals surface area contributed by atoms with Crippen LogP contribution in [0.4, 0.5) is 10.6 Å². The molecule has 34 heavy (non-hydrogen) atoms. The Morgan fingerprint density at radius 3 is 2.65 bits per heavy atom. The highest BCUT2D eigenvalue weighted by Gasteiger charge is 2.23. The third-order valence-electron chi connectivity index (χ3n) is 6.78. The number of aromatic nitrogens is 2. The van der Waals surface area contributed by atoms with Gasteiger partial charge in [0.1, 0.15) is 11.6 Å². The van der Waals surface area contributed by atoms with Crippen molar-refractivity contribution < 1.29 is 9.53 Å². The molecule has 10 heteroatoms. The Balaban J connectivity index is 1.45. The summed E-state index contributed by atoms with van der Waals surface area (Å²) in [7, 11) is 3.77. The second-order valence-electron chi connectivity index (χ2n) is 9.11. The normalized spacial score (nSPS) is 20.9.